The lowest BCUT2D eigenvalue weighted by Crippen LogP contribution is -2.61. The van der Waals surface area contributed by atoms with Crippen LogP contribution in [0.1, 0.15) is 212 Å². The Morgan fingerprint density at radius 3 is 0.960 bits per heavy atom. The van der Waals surface area contributed by atoms with Crippen LogP contribution < -0.4 is 0 Å². The third-order valence-electron chi connectivity index (χ3n) is 28.4. The predicted octanol–water partition coefficient (Wildman–Crippen LogP) is 12.5. The molecule has 10 aliphatic rings. The second kappa shape index (κ2) is 33.4. The van der Waals surface area contributed by atoms with E-state index in [1.54, 1.807) is 0 Å². The van der Waals surface area contributed by atoms with Crippen molar-refractivity contribution in [2.45, 2.75) is 378 Å². The lowest BCUT2D eigenvalue weighted by atomic mass is 9.78. The summed E-state index contributed by atoms with van der Waals surface area (Å²) >= 11 is 0. The number of hydrogen-bond acceptors (Lipinski definition) is 20. The summed E-state index contributed by atoms with van der Waals surface area (Å²) in [6, 6.07) is 0. The molecule has 10 rings (SSSR count). The molecule has 20 nitrogen and oxygen atoms in total. The summed E-state index contributed by atoms with van der Waals surface area (Å²) in [5, 5.41) is 34.1. The first-order chi connectivity index (χ1) is 46.8. The highest BCUT2D eigenvalue weighted by molar-refractivity contribution is 5.18. The third kappa shape index (κ3) is 15.8. The molecule has 20 heteroatoms. The number of fused-ring (bicyclic) bond motifs is 1. The third-order valence-corrected chi connectivity index (χ3v) is 28.4. The highest BCUT2D eigenvalue weighted by Crippen LogP contribution is 2.64. The SMILES string of the molecule is CCC1O[C@H](O[C@@H]2C(CC)O[C@@H](O[C@@H]3C(CC)OC(O[C@@H]4C(CC)O[C@@H](O[C@@H]5C(CO)O[C@H](O[C@@H]6C(C)O[C@@H](O[C@@H]7C(CO)O[C@@H](OC8(C)[C@@H]9C(C)O[C@@H](O[C@@H]%10C(CC)O[C@H](C)C(C)C%10C)C(C)[C@H]98)C(C)[C@H]7O)C(C)C6C)C(C)C5C)C(C)[C@H]4C)[C@@H](C)[C@H]3C)C(C)C2C)C(C)C(C)[C@@H]1C. The molecule has 1 saturated carbocycles. The van der Waals surface area contributed by atoms with Crippen LogP contribution in [-0.4, -0.2) is 194 Å². The van der Waals surface area contributed by atoms with Crippen LogP contribution in [0.15, 0.2) is 0 Å². The number of ether oxygens (including phenoxy) is 17. The topological polar surface area (TPSA) is 218 Å². The minimum atomic E-state index is -1.04. The van der Waals surface area contributed by atoms with Gasteiger partial charge in [-0.2, -0.15) is 0 Å². The van der Waals surface area contributed by atoms with Crippen molar-refractivity contribution in [3.63, 3.8) is 0 Å². The number of aliphatic hydroxyl groups excluding tert-OH is 3. The molecule has 576 valence electrons. The van der Waals surface area contributed by atoms with E-state index in [-0.39, 0.29) is 169 Å². The number of hydrogen-bond donors (Lipinski definition) is 3. The predicted molar refractivity (Wildman–Crippen MR) is 373 cm³/mol. The van der Waals surface area contributed by atoms with Crippen molar-refractivity contribution >= 4 is 0 Å². The minimum Gasteiger partial charge on any atom is -0.394 e. The summed E-state index contributed by atoms with van der Waals surface area (Å²) in [7, 11) is 0. The second-order valence-corrected chi connectivity index (χ2v) is 34.1. The average molecular weight is 1410 g/mol. The molecule has 0 aromatic heterocycles. The van der Waals surface area contributed by atoms with Gasteiger partial charge in [0.15, 0.2) is 50.3 Å². The quantitative estimate of drug-likeness (QED) is 0.0866. The van der Waals surface area contributed by atoms with Gasteiger partial charge in [0.25, 0.3) is 0 Å². The number of aliphatic hydroxyl groups is 3. The fraction of sp³-hybridized carbons (Fsp3) is 1.00. The van der Waals surface area contributed by atoms with Crippen molar-refractivity contribution in [2.75, 3.05) is 13.2 Å². The molecule has 9 saturated heterocycles. The molecule has 1 aliphatic carbocycles. The summed E-state index contributed by atoms with van der Waals surface area (Å²) in [4.78, 5) is 0. The molecule has 0 spiro atoms. The summed E-state index contributed by atoms with van der Waals surface area (Å²) in [5.41, 5.74) is -0.605. The standard InChI is InChI=1S/C79H140O20/c1-27-54-36(8)34(6)43(15)72(86-54)93-66-39(11)45(17)73(87-56(66)29-3)94-67-40(12)46(18)74(88-57(67)30-4)95-68-41(13)47(19)75(89-58(68)31-5)97-69-42(14)48(20)76(90-59(69)32-80)92-64-38(10)44(16)71(85-53(64)25)98-70-60(33-81)91-78(50(22)63(70)82)99-79(26)61-49(21)77(84-52(24)62(61)79)96-65-37(9)35(7)51(23)83-55(65)28-2/h34-78,80-82H,27-33H2,1-26H3/t34?,35?,36-,37?,38?,39?,40+,41+,42?,43?,44?,45?,46-,47?,48?,49?,50?,51+,52?,53?,54?,55?,56?,57?,58?,59?,60?,61+,62+,63+,64-,65-,66-,67-,68-,69-,70+,71-,72+,73-,74?,75-,76+,77-,78-,79?/m0/s1. The van der Waals surface area contributed by atoms with E-state index in [9.17, 15) is 15.3 Å². The molecule has 9 heterocycles. The molecular weight excluding hydrogens is 1270 g/mol. The largest absolute Gasteiger partial charge is 0.394 e. The molecule has 9 aliphatic heterocycles. The van der Waals surface area contributed by atoms with Crippen LogP contribution in [0.25, 0.3) is 0 Å². The van der Waals surface area contributed by atoms with Gasteiger partial charge >= 0.3 is 0 Å². The Morgan fingerprint density at radius 1 is 0.253 bits per heavy atom. The van der Waals surface area contributed by atoms with E-state index in [0.29, 0.717) is 30.1 Å². The Kier molecular flexibility index (Phi) is 27.2. The molecular formula is C79H140O20. The molecule has 0 amide bonds. The van der Waals surface area contributed by atoms with Crippen LogP contribution in [0.3, 0.4) is 0 Å². The van der Waals surface area contributed by atoms with Gasteiger partial charge in [-0.05, 0) is 113 Å². The Bertz CT molecular complexity index is 2490. The van der Waals surface area contributed by atoms with Crippen LogP contribution >= 0.6 is 0 Å². The monoisotopic (exact) mass is 1410 g/mol. The van der Waals surface area contributed by atoms with Gasteiger partial charge < -0.3 is 95.8 Å². The van der Waals surface area contributed by atoms with Gasteiger partial charge in [-0.25, -0.2) is 0 Å². The van der Waals surface area contributed by atoms with E-state index in [4.69, 9.17) is 80.5 Å². The van der Waals surface area contributed by atoms with E-state index >= 15 is 0 Å². The van der Waals surface area contributed by atoms with Crippen molar-refractivity contribution in [1.29, 1.82) is 0 Å². The highest BCUT2D eigenvalue weighted by Gasteiger charge is 2.72. The summed E-state index contributed by atoms with van der Waals surface area (Å²) in [5.74, 6) is 1.46. The fourth-order valence-electron chi connectivity index (χ4n) is 19.5. The Labute approximate surface area is 596 Å². The molecule has 0 bridgehead atoms. The van der Waals surface area contributed by atoms with Crippen molar-refractivity contribution < 1.29 is 95.8 Å². The van der Waals surface area contributed by atoms with Crippen molar-refractivity contribution in [3.8, 4) is 0 Å². The Balaban J connectivity index is 0.705. The van der Waals surface area contributed by atoms with Crippen LogP contribution in [-0.2, 0) is 80.5 Å². The average Bonchev–Trinajstić information content (AvgIpc) is 1.53. The molecule has 0 aromatic rings. The Morgan fingerprint density at radius 2 is 0.545 bits per heavy atom. The smallest absolute Gasteiger partial charge is 0.164 e. The van der Waals surface area contributed by atoms with E-state index in [1.807, 2.05) is 13.8 Å². The van der Waals surface area contributed by atoms with Crippen molar-refractivity contribution in [3.05, 3.63) is 0 Å². The van der Waals surface area contributed by atoms with Crippen LogP contribution in [0.2, 0.25) is 0 Å². The highest BCUT2D eigenvalue weighted by atomic mass is 16.8. The number of rotatable bonds is 23. The van der Waals surface area contributed by atoms with Crippen LogP contribution in [0, 0.1) is 112 Å². The summed E-state index contributed by atoms with van der Waals surface area (Å²) in [6.45, 7) is 55.9. The minimum absolute atomic E-state index is 0.00598. The maximum Gasteiger partial charge on any atom is 0.164 e. The summed E-state index contributed by atoms with van der Waals surface area (Å²) < 4.78 is 117. The van der Waals surface area contributed by atoms with Crippen LogP contribution in [0.4, 0.5) is 0 Å². The van der Waals surface area contributed by atoms with Crippen molar-refractivity contribution in [2.24, 2.45) is 112 Å². The zero-order valence-corrected chi connectivity index (χ0v) is 65.7. The Hall–Kier alpha value is -0.800. The zero-order valence-electron chi connectivity index (χ0n) is 65.7. The van der Waals surface area contributed by atoms with E-state index in [2.05, 4.69) is 166 Å². The maximum atomic E-state index is 12.1. The van der Waals surface area contributed by atoms with E-state index < -0.39 is 98.3 Å². The van der Waals surface area contributed by atoms with Gasteiger partial charge in [0.2, 0.25) is 0 Å². The van der Waals surface area contributed by atoms with E-state index in [1.165, 1.54) is 0 Å². The molecule has 0 aromatic carbocycles. The first-order valence-corrected chi connectivity index (χ1v) is 39.9. The molecule has 10 fully saturated rings. The lowest BCUT2D eigenvalue weighted by Gasteiger charge is -2.52. The molecule has 0 radical (unpaired) electrons. The van der Waals surface area contributed by atoms with Gasteiger partial charge in [-0.15, -0.1) is 0 Å². The van der Waals surface area contributed by atoms with Crippen molar-refractivity contribution in [1.82, 2.24) is 0 Å². The zero-order chi connectivity index (χ0) is 72.5. The first kappa shape index (κ1) is 80.7. The van der Waals surface area contributed by atoms with Gasteiger partial charge in [-0.1, -0.05) is 152 Å². The molecule has 3 N–H and O–H groups in total. The summed E-state index contributed by atoms with van der Waals surface area (Å²) in [6.07, 6.45) is -6.23. The maximum absolute atomic E-state index is 12.1. The first-order valence-electron chi connectivity index (χ1n) is 39.9. The van der Waals surface area contributed by atoms with Gasteiger partial charge in [0.05, 0.1) is 110 Å². The molecule has 46 atom stereocenters. The second-order valence-electron chi connectivity index (χ2n) is 34.1. The fourth-order valence-corrected chi connectivity index (χ4v) is 19.5. The van der Waals surface area contributed by atoms with E-state index in [0.717, 1.165) is 25.7 Å². The lowest BCUT2D eigenvalue weighted by molar-refractivity contribution is -0.372. The molecule has 24 unspecified atom stereocenters. The van der Waals surface area contributed by atoms with Gasteiger partial charge in [0, 0.05) is 59.2 Å². The van der Waals surface area contributed by atoms with Crippen LogP contribution in [0.5, 0.6) is 0 Å². The van der Waals surface area contributed by atoms with Gasteiger partial charge in [0.1, 0.15) is 18.3 Å². The normalized spacial score (nSPS) is 55.9. The van der Waals surface area contributed by atoms with Gasteiger partial charge in [-0.3, -0.25) is 0 Å². The molecule has 99 heavy (non-hydrogen) atoms.